The van der Waals surface area contributed by atoms with E-state index in [0.29, 0.717) is 6.61 Å². The van der Waals surface area contributed by atoms with Crippen LogP contribution in [0.25, 0.3) is 0 Å². The zero-order chi connectivity index (χ0) is 13.1. The van der Waals surface area contributed by atoms with E-state index in [9.17, 15) is 18.0 Å². The molecular weight excluding hydrogens is 239 g/mol. The molecule has 1 fully saturated rings. The first-order valence-electron chi connectivity index (χ1n) is 5.41. The number of carboxylic acids is 1. The highest BCUT2D eigenvalue weighted by Crippen LogP contribution is 2.27. The van der Waals surface area contributed by atoms with Crippen LogP contribution in [0.1, 0.15) is 19.3 Å². The van der Waals surface area contributed by atoms with E-state index in [4.69, 9.17) is 9.84 Å². The van der Waals surface area contributed by atoms with Crippen LogP contribution in [0, 0.1) is 0 Å². The van der Waals surface area contributed by atoms with Gasteiger partial charge in [-0.3, -0.25) is 9.69 Å². The predicted molar refractivity (Wildman–Crippen MR) is 53.7 cm³/mol. The lowest BCUT2D eigenvalue weighted by Gasteiger charge is -2.30. The molecule has 0 bridgehead atoms. The summed E-state index contributed by atoms with van der Waals surface area (Å²) < 4.78 is 43.2. The lowest BCUT2D eigenvalue weighted by molar-refractivity contribution is -0.189. The third kappa shape index (κ3) is 4.51. The molecule has 17 heavy (non-hydrogen) atoms. The van der Waals surface area contributed by atoms with E-state index in [0.717, 1.165) is 17.7 Å². The van der Waals surface area contributed by atoms with Crippen LogP contribution in [-0.2, 0) is 9.53 Å². The molecule has 0 spiro atoms. The van der Waals surface area contributed by atoms with Crippen molar-refractivity contribution in [1.82, 2.24) is 4.90 Å². The Morgan fingerprint density at radius 2 is 2.24 bits per heavy atom. The minimum Gasteiger partial charge on any atom is -0.481 e. The van der Waals surface area contributed by atoms with Crippen LogP contribution < -0.4 is 0 Å². The molecule has 0 aromatic heterocycles. The molecule has 4 nitrogen and oxygen atoms in total. The number of rotatable bonds is 5. The summed E-state index contributed by atoms with van der Waals surface area (Å²) >= 11 is 0. The number of halogens is 3. The summed E-state index contributed by atoms with van der Waals surface area (Å²) in [7, 11) is 1.28. The van der Waals surface area contributed by atoms with Gasteiger partial charge >= 0.3 is 12.1 Å². The molecule has 0 saturated carbocycles. The van der Waals surface area contributed by atoms with Crippen molar-refractivity contribution >= 4 is 5.97 Å². The number of nitrogens with zero attached hydrogens (tertiary/aromatic N) is 1. The van der Waals surface area contributed by atoms with Crippen LogP contribution in [0.5, 0.6) is 0 Å². The van der Waals surface area contributed by atoms with Gasteiger partial charge in [-0.05, 0) is 19.9 Å². The first-order valence-corrected chi connectivity index (χ1v) is 5.41. The van der Waals surface area contributed by atoms with Crippen molar-refractivity contribution in [3.8, 4) is 0 Å². The van der Waals surface area contributed by atoms with Crippen LogP contribution in [0.3, 0.4) is 0 Å². The smallest absolute Gasteiger partial charge is 0.404 e. The molecule has 1 rings (SSSR count). The van der Waals surface area contributed by atoms with Crippen LogP contribution in [0.2, 0.25) is 0 Å². The normalized spacial score (nSPS) is 23.0. The Kier molecular flexibility index (Phi) is 4.76. The summed E-state index contributed by atoms with van der Waals surface area (Å²) in [4.78, 5) is 11.5. The monoisotopic (exact) mass is 255 g/mol. The highest BCUT2D eigenvalue weighted by atomic mass is 19.4. The van der Waals surface area contributed by atoms with Gasteiger partial charge in [0.1, 0.15) is 6.04 Å². The molecule has 100 valence electrons. The third-order valence-corrected chi connectivity index (χ3v) is 2.79. The lowest BCUT2D eigenvalue weighted by atomic mass is 10.1. The van der Waals surface area contributed by atoms with Crippen molar-refractivity contribution in [2.75, 3.05) is 20.2 Å². The molecule has 1 heterocycles. The van der Waals surface area contributed by atoms with Crippen LogP contribution in [0.15, 0.2) is 0 Å². The van der Waals surface area contributed by atoms with Gasteiger partial charge in [-0.25, -0.2) is 0 Å². The van der Waals surface area contributed by atoms with Gasteiger partial charge in [0, 0.05) is 13.2 Å². The molecule has 0 aromatic rings. The SMILES string of the molecule is CN(CC1CCCO1)C(CC(=O)O)C(F)(F)F. The Hall–Kier alpha value is -0.820. The second-order valence-electron chi connectivity index (χ2n) is 4.23. The van der Waals surface area contributed by atoms with E-state index in [2.05, 4.69) is 0 Å². The summed E-state index contributed by atoms with van der Waals surface area (Å²) in [6.07, 6.45) is -4.13. The average Bonchev–Trinajstić information content (AvgIpc) is 2.64. The molecule has 1 aliphatic rings. The van der Waals surface area contributed by atoms with E-state index >= 15 is 0 Å². The van der Waals surface area contributed by atoms with E-state index in [1.807, 2.05) is 0 Å². The van der Waals surface area contributed by atoms with Gasteiger partial charge in [0.2, 0.25) is 0 Å². The summed E-state index contributed by atoms with van der Waals surface area (Å²) in [6, 6.07) is -1.95. The number of ether oxygens (including phenoxy) is 1. The number of carboxylic acid groups (broad SMARTS) is 1. The Balaban J connectivity index is 2.58. The molecule has 2 unspecified atom stereocenters. The fourth-order valence-electron chi connectivity index (χ4n) is 1.92. The number of carbonyl (C=O) groups is 1. The molecule has 0 radical (unpaired) electrons. The average molecular weight is 255 g/mol. The quantitative estimate of drug-likeness (QED) is 0.809. The maximum Gasteiger partial charge on any atom is 0.404 e. The Morgan fingerprint density at radius 3 is 2.65 bits per heavy atom. The van der Waals surface area contributed by atoms with Gasteiger partial charge in [-0.1, -0.05) is 0 Å². The van der Waals surface area contributed by atoms with E-state index < -0.39 is 24.6 Å². The van der Waals surface area contributed by atoms with Crippen LogP contribution >= 0.6 is 0 Å². The fraction of sp³-hybridized carbons (Fsp3) is 0.900. The van der Waals surface area contributed by atoms with Crippen molar-refractivity contribution in [3.05, 3.63) is 0 Å². The van der Waals surface area contributed by atoms with E-state index in [1.165, 1.54) is 7.05 Å². The van der Waals surface area contributed by atoms with E-state index in [-0.39, 0.29) is 12.6 Å². The number of aliphatic carboxylic acids is 1. The molecule has 1 N–H and O–H groups in total. The first-order chi connectivity index (χ1) is 7.80. The topological polar surface area (TPSA) is 49.8 Å². The standard InChI is InChI=1S/C10H16F3NO3/c1-14(6-7-3-2-4-17-7)8(5-9(15)16)10(11,12)13/h7-8H,2-6H2,1H3,(H,15,16). The first kappa shape index (κ1) is 14.2. The maximum absolute atomic E-state index is 12.7. The highest BCUT2D eigenvalue weighted by molar-refractivity contribution is 5.67. The molecule has 2 atom stereocenters. The molecule has 1 saturated heterocycles. The second kappa shape index (κ2) is 5.68. The van der Waals surface area contributed by atoms with Gasteiger partial charge in [-0.15, -0.1) is 0 Å². The summed E-state index contributed by atoms with van der Waals surface area (Å²) in [5.41, 5.74) is 0. The summed E-state index contributed by atoms with van der Waals surface area (Å²) in [5.74, 6) is -1.45. The van der Waals surface area contributed by atoms with Gasteiger partial charge < -0.3 is 9.84 Å². The van der Waals surface area contributed by atoms with Crippen molar-refractivity contribution < 1.29 is 27.8 Å². The molecular formula is C10H16F3NO3. The van der Waals surface area contributed by atoms with Gasteiger partial charge in [0.15, 0.2) is 0 Å². The Bertz CT molecular complexity index is 264. The molecule has 0 aromatic carbocycles. The summed E-state index contributed by atoms with van der Waals surface area (Å²) in [6.45, 7) is 0.672. The number of likely N-dealkylation sites (N-methyl/N-ethyl adjacent to an activating group) is 1. The fourth-order valence-corrected chi connectivity index (χ4v) is 1.92. The van der Waals surface area contributed by atoms with Gasteiger partial charge in [-0.2, -0.15) is 13.2 Å². The lowest BCUT2D eigenvalue weighted by Crippen LogP contribution is -2.47. The highest BCUT2D eigenvalue weighted by Gasteiger charge is 2.44. The Morgan fingerprint density at radius 1 is 1.59 bits per heavy atom. The zero-order valence-corrected chi connectivity index (χ0v) is 9.54. The van der Waals surface area contributed by atoms with Crippen LogP contribution in [-0.4, -0.2) is 54.5 Å². The number of hydrogen-bond acceptors (Lipinski definition) is 3. The zero-order valence-electron chi connectivity index (χ0n) is 9.54. The molecule has 1 aliphatic heterocycles. The van der Waals surface area contributed by atoms with Crippen molar-refractivity contribution in [2.24, 2.45) is 0 Å². The van der Waals surface area contributed by atoms with Crippen molar-refractivity contribution in [2.45, 2.75) is 37.6 Å². The minimum absolute atomic E-state index is 0.109. The molecule has 0 amide bonds. The van der Waals surface area contributed by atoms with Crippen molar-refractivity contribution in [3.63, 3.8) is 0 Å². The molecule has 7 heteroatoms. The molecule has 0 aliphatic carbocycles. The Labute approximate surface area is 97.3 Å². The van der Waals surface area contributed by atoms with Gasteiger partial charge in [0.25, 0.3) is 0 Å². The van der Waals surface area contributed by atoms with Gasteiger partial charge in [0.05, 0.1) is 12.5 Å². The van der Waals surface area contributed by atoms with Crippen LogP contribution in [0.4, 0.5) is 13.2 Å². The summed E-state index contributed by atoms with van der Waals surface area (Å²) in [5, 5.41) is 8.50. The van der Waals surface area contributed by atoms with E-state index in [1.54, 1.807) is 0 Å². The largest absolute Gasteiger partial charge is 0.481 e. The second-order valence-corrected chi connectivity index (χ2v) is 4.23. The maximum atomic E-state index is 12.7. The number of alkyl halides is 3. The third-order valence-electron chi connectivity index (χ3n) is 2.79. The number of hydrogen-bond donors (Lipinski definition) is 1. The predicted octanol–water partition coefficient (Wildman–Crippen LogP) is 1.50. The van der Waals surface area contributed by atoms with Crippen molar-refractivity contribution in [1.29, 1.82) is 0 Å². The minimum atomic E-state index is -4.54.